The maximum Gasteiger partial charge on any atom is 0.161 e. The molecule has 0 radical (unpaired) electrons. The molecule has 0 saturated heterocycles. The number of hydrogen-bond donors (Lipinski definition) is 3. The monoisotopic (exact) mass is 210 g/mol. The van der Waals surface area contributed by atoms with E-state index >= 15 is 0 Å². The topological polar surface area (TPSA) is 55.7 Å². The number of nitrogens with one attached hydrogen (secondary N) is 1. The van der Waals surface area contributed by atoms with E-state index in [-0.39, 0.29) is 11.5 Å². The van der Waals surface area contributed by atoms with Crippen LogP contribution in [0.15, 0.2) is 18.2 Å². The molecule has 0 atom stereocenters. The third-order valence-electron chi connectivity index (χ3n) is 2.15. The van der Waals surface area contributed by atoms with Gasteiger partial charge in [0.25, 0.3) is 0 Å². The molecular formula is C11H18N2O2. The van der Waals surface area contributed by atoms with Crippen molar-refractivity contribution in [3.05, 3.63) is 23.8 Å². The molecule has 4 nitrogen and oxygen atoms in total. The Morgan fingerprint density at radius 3 is 2.67 bits per heavy atom. The number of nitrogens with zero attached hydrogens (tertiary/aromatic N) is 1. The maximum absolute atomic E-state index is 9.51. The predicted octanol–water partition coefficient (Wildman–Crippen LogP) is 0.749. The first-order valence-electron chi connectivity index (χ1n) is 4.96. The van der Waals surface area contributed by atoms with Crippen molar-refractivity contribution in [3.63, 3.8) is 0 Å². The first-order valence-corrected chi connectivity index (χ1v) is 4.96. The summed E-state index contributed by atoms with van der Waals surface area (Å²) >= 11 is 0. The van der Waals surface area contributed by atoms with Crippen molar-refractivity contribution < 1.29 is 10.2 Å². The second-order valence-electron chi connectivity index (χ2n) is 3.76. The van der Waals surface area contributed by atoms with Gasteiger partial charge >= 0.3 is 0 Å². The zero-order valence-corrected chi connectivity index (χ0v) is 9.20. The Balaban J connectivity index is 2.41. The summed E-state index contributed by atoms with van der Waals surface area (Å²) in [5.41, 5.74) is 0.716. The minimum atomic E-state index is -0.0677. The van der Waals surface area contributed by atoms with Gasteiger partial charge in [0.15, 0.2) is 11.5 Å². The lowest BCUT2D eigenvalue weighted by Gasteiger charge is -2.11. The average Bonchev–Trinajstić information content (AvgIpc) is 2.18. The number of likely N-dealkylation sites (N-methyl/N-ethyl adjacent to an activating group) is 1. The highest BCUT2D eigenvalue weighted by molar-refractivity contribution is 5.44. The summed E-state index contributed by atoms with van der Waals surface area (Å²) in [6.07, 6.45) is 0. The summed E-state index contributed by atoms with van der Waals surface area (Å²) in [5.74, 6) is -0.100. The van der Waals surface area contributed by atoms with E-state index in [0.717, 1.165) is 13.1 Å². The minimum Gasteiger partial charge on any atom is -0.504 e. The van der Waals surface area contributed by atoms with Gasteiger partial charge in [-0.25, -0.2) is 0 Å². The largest absolute Gasteiger partial charge is 0.504 e. The number of hydrogen-bond acceptors (Lipinski definition) is 4. The van der Waals surface area contributed by atoms with Gasteiger partial charge in [-0.3, -0.25) is 0 Å². The van der Waals surface area contributed by atoms with E-state index < -0.39 is 0 Å². The van der Waals surface area contributed by atoms with E-state index in [9.17, 15) is 10.2 Å². The minimum absolute atomic E-state index is 0.0325. The van der Waals surface area contributed by atoms with E-state index in [1.807, 2.05) is 14.1 Å². The van der Waals surface area contributed by atoms with Crippen molar-refractivity contribution in [2.75, 3.05) is 27.2 Å². The molecule has 1 aromatic rings. The van der Waals surface area contributed by atoms with Crippen LogP contribution < -0.4 is 5.32 Å². The molecule has 0 unspecified atom stereocenters. The molecule has 84 valence electrons. The zero-order chi connectivity index (χ0) is 11.3. The molecule has 0 amide bonds. The van der Waals surface area contributed by atoms with Crippen LogP contribution in [-0.4, -0.2) is 42.3 Å². The summed E-state index contributed by atoms with van der Waals surface area (Å²) < 4.78 is 0. The molecule has 3 N–H and O–H groups in total. The Kier molecular flexibility index (Phi) is 4.39. The molecule has 0 heterocycles. The number of aromatic hydroxyl groups is 2. The Labute approximate surface area is 90.2 Å². The molecule has 0 bridgehead atoms. The van der Waals surface area contributed by atoms with Crippen molar-refractivity contribution in [1.82, 2.24) is 10.2 Å². The summed E-state index contributed by atoms with van der Waals surface area (Å²) in [7, 11) is 4.01. The van der Waals surface area contributed by atoms with Crippen molar-refractivity contribution in [3.8, 4) is 11.5 Å². The summed E-state index contributed by atoms with van der Waals surface area (Å²) in [4.78, 5) is 2.08. The molecular weight excluding hydrogens is 192 g/mol. The van der Waals surface area contributed by atoms with Gasteiger partial charge in [-0.1, -0.05) is 12.1 Å². The number of rotatable bonds is 5. The molecule has 0 aromatic heterocycles. The summed E-state index contributed by atoms with van der Waals surface area (Å²) in [5, 5.41) is 22.0. The lowest BCUT2D eigenvalue weighted by atomic mass is 10.2. The van der Waals surface area contributed by atoms with Crippen LogP contribution in [0.2, 0.25) is 0 Å². The van der Waals surface area contributed by atoms with Crippen LogP contribution >= 0.6 is 0 Å². The average molecular weight is 210 g/mol. The zero-order valence-electron chi connectivity index (χ0n) is 9.20. The normalized spacial score (nSPS) is 10.9. The molecule has 0 aliphatic heterocycles. The number of benzene rings is 1. The molecule has 0 aliphatic rings. The van der Waals surface area contributed by atoms with Crippen LogP contribution in [-0.2, 0) is 6.54 Å². The quantitative estimate of drug-likeness (QED) is 0.496. The van der Waals surface area contributed by atoms with Crippen LogP contribution in [0.5, 0.6) is 11.5 Å². The van der Waals surface area contributed by atoms with Crippen LogP contribution in [0.3, 0.4) is 0 Å². The van der Waals surface area contributed by atoms with Crippen LogP contribution in [0.1, 0.15) is 5.56 Å². The number of phenols is 2. The predicted molar refractivity (Wildman–Crippen MR) is 60.0 cm³/mol. The van der Waals surface area contributed by atoms with Gasteiger partial charge in [-0.05, 0) is 20.2 Å². The van der Waals surface area contributed by atoms with E-state index in [1.165, 1.54) is 6.07 Å². The lowest BCUT2D eigenvalue weighted by Crippen LogP contribution is -2.26. The van der Waals surface area contributed by atoms with Gasteiger partial charge in [0.2, 0.25) is 0 Å². The second kappa shape index (κ2) is 5.58. The Morgan fingerprint density at radius 1 is 1.27 bits per heavy atom. The third kappa shape index (κ3) is 3.77. The van der Waals surface area contributed by atoms with E-state index in [1.54, 1.807) is 12.1 Å². The van der Waals surface area contributed by atoms with Gasteiger partial charge in [0.05, 0.1) is 0 Å². The molecule has 0 spiro atoms. The summed E-state index contributed by atoms with van der Waals surface area (Å²) in [6, 6.07) is 4.98. The maximum atomic E-state index is 9.51. The first kappa shape index (κ1) is 11.8. The van der Waals surface area contributed by atoms with E-state index in [0.29, 0.717) is 12.1 Å². The SMILES string of the molecule is CN(C)CCNCc1cccc(O)c1O. The fourth-order valence-electron chi connectivity index (χ4n) is 1.25. The molecule has 0 saturated carbocycles. The van der Waals surface area contributed by atoms with Gasteiger partial charge in [0, 0.05) is 25.2 Å². The van der Waals surface area contributed by atoms with Gasteiger partial charge in [0.1, 0.15) is 0 Å². The highest BCUT2D eigenvalue weighted by Crippen LogP contribution is 2.27. The van der Waals surface area contributed by atoms with Crippen LogP contribution in [0.4, 0.5) is 0 Å². The highest BCUT2D eigenvalue weighted by Gasteiger charge is 2.04. The number of para-hydroxylation sites is 1. The second-order valence-corrected chi connectivity index (χ2v) is 3.76. The molecule has 0 fully saturated rings. The molecule has 0 aliphatic carbocycles. The lowest BCUT2D eigenvalue weighted by molar-refractivity contribution is 0.389. The number of phenolic OH excluding ortho intramolecular Hbond substituents is 2. The molecule has 15 heavy (non-hydrogen) atoms. The van der Waals surface area contributed by atoms with E-state index in [4.69, 9.17) is 0 Å². The Morgan fingerprint density at radius 2 is 2.00 bits per heavy atom. The van der Waals surface area contributed by atoms with Crippen LogP contribution in [0, 0.1) is 0 Å². The van der Waals surface area contributed by atoms with Gasteiger partial charge in [-0.15, -0.1) is 0 Å². The fourth-order valence-corrected chi connectivity index (χ4v) is 1.25. The van der Waals surface area contributed by atoms with Gasteiger partial charge < -0.3 is 20.4 Å². The summed E-state index contributed by atoms with van der Waals surface area (Å²) in [6.45, 7) is 2.36. The third-order valence-corrected chi connectivity index (χ3v) is 2.15. The van der Waals surface area contributed by atoms with Crippen molar-refractivity contribution in [1.29, 1.82) is 0 Å². The van der Waals surface area contributed by atoms with Crippen LogP contribution in [0.25, 0.3) is 0 Å². The molecule has 4 heteroatoms. The van der Waals surface area contributed by atoms with Crippen molar-refractivity contribution >= 4 is 0 Å². The molecule has 1 rings (SSSR count). The van der Waals surface area contributed by atoms with Gasteiger partial charge in [-0.2, -0.15) is 0 Å². The first-order chi connectivity index (χ1) is 7.11. The fraction of sp³-hybridized carbons (Fsp3) is 0.455. The Bertz CT molecular complexity index is 313. The smallest absolute Gasteiger partial charge is 0.161 e. The van der Waals surface area contributed by atoms with Crippen molar-refractivity contribution in [2.45, 2.75) is 6.54 Å². The molecule has 1 aromatic carbocycles. The van der Waals surface area contributed by atoms with Crippen molar-refractivity contribution in [2.24, 2.45) is 0 Å². The highest BCUT2D eigenvalue weighted by atomic mass is 16.3. The Hall–Kier alpha value is -1.26. The standard InChI is InChI=1S/C11H18N2O2/c1-13(2)7-6-12-8-9-4-3-5-10(14)11(9)15/h3-5,12,14-15H,6-8H2,1-2H3. The van der Waals surface area contributed by atoms with E-state index in [2.05, 4.69) is 10.2 Å².